The van der Waals surface area contributed by atoms with Crippen LogP contribution in [0.1, 0.15) is 36.7 Å². The number of nitrogens with zero attached hydrogens (tertiary/aromatic N) is 1. The van der Waals surface area contributed by atoms with E-state index in [9.17, 15) is 4.79 Å². The highest BCUT2D eigenvalue weighted by Gasteiger charge is 2.14. The van der Waals surface area contributed by atoms with Gasteiger partial charge in [0, 0.05) is 11.6 Å². The molecule has 0 aliphatic rings. The first-order valence-corrected chi connectivity index (χ1v) is 5.51. The lowest BCUT2D eigenvalue weighted by atomic mass is 9.87. The second-order valence-corrected chi connectivity index (χ2v) is 5.19. The van der Waals surface area contributed by atoms with Crippen LogP contribution in [0.2, 0.25) is 0 Å². The zero-order valence-corrected chi connectivity index (χ0v) is 10.2. The molecule has 1 N–H and O–H groups in total. The molecule has 0 fully saturated rings. The summed E-state index contributed by atoms with van der Waals surface area (Å²) in [4.78, 5) is 15.2. The Morgan fingerprint density at radius 1 is 1.24 bits per heavy atom. The molecule has 0 aliphatic carbocycles. The van der Waals surface area contributed by atoms with E-state index in [-0.39, 0.29) is 11.0 Å². The summed E-state index contributed by atoms with van der Waals surface area (Å²) < 4.78 is 0. The summed E-state index contributed by atoms with van der Waals surface area (Å²) in [6, 6.07) is 7.08. The lowest BCUT2D eigenvalue weighted by molar-refractivity contribution is 0.0697. The van der Waals surface area contributed by atoms with Crippen LogP contribution in [0.25, 0.3) is 10.9 Å². The number of hydrogen-bond acceptors (Lipinski definition) is 2. The van der Waals surface area contributed by atoms with Gasteiger partial charge in [-0.05, 0) is 29.2 Å². The number of hydrogen-bond donors (Lipinski definition) is 1. The molecule has 0 aliphatic heterocycles. The van der Waals surface area contributed by atoms with Gasteiger partial charge in [0.2, 0.25) is 0 Å². The zero-order chi connectivity index (χ0) is 12.6. The SMILES string of the molecule is CC(C)(C)c1cnc2cc(C(=O)O)ccc2c1. The van der Waals surface area contributed by atoms with Crippen molar-refractivity contribution in [1.29, 1.82) is 0 Å². The van der Waals surface area contributed by atoms with E-state index in [1.165, 1.54) is 0 Å². The molecule has 88 valence electrons. The van der Waals surface area contributed by atoms with Crippen molar-refractivity contribution in [3.8, 4) is 0 Å². The molecule has 0 saturated carbocycles. The summed E-state index contributed by atoms with van der Waals surface area (Å²) in [7, 11) is 0. The number of aromatic carboxylic acids is 1. The maximum atomic E-state index is 10.8. The van der Waals surface area contributed by atoms with Crippen molar-refractivity contribution >= 4 is 16.9 Å². The van der Waals surface area contributed by atoms with E-state index >= 15 is 0 Å². The van der Waals surface area contributed by atoms with Gasteiger partial charge in [-0.3, -0.25) is 4.98 Å². The molecule has 1 aromatic heterocycles. The Kier molecular flexibility index (Phi) is 2.62. The van der Waals surface area contributed by atoms with Crippen LogP contribution < -0.4 is 0 Å². The average molecular weight is 229 g/mol. The van der Waals surface area contributed by atoms with Crippen molar-refractivity contribution in [2.75, 3.05) is 0 Å². The van der Waals surface area contributed by atoms with E-state index in [0.29, 0.717) is 0 Å². The van der Waals surface area contributed by atoms with E-state index in [0.717, 1.165) is 16.5 Å². The molecular formula is C14H15NO2. The molecule has 0 amide bonds. The molecule has 1 heterocycles. The van der Waals surface area contributed by atoms with Crippen molar-refractivity contribution in [2.45, 2.75) is 26.2 Å². The van der Waals surface area contributed by atoms with Gasteiger partial charge in [0.05, 0.1) is 11.1 Å². The van der Waals surface area contributed by atoms with E-state index < -0.39 is 5.97 Å². The predicted octanol–water partition coefficient (Wildman–Crippen LogP) is 3.23. The summed E-state index contributed by atoms with van der Waals surface area (Å²) in [5, 5.41) is 9.87. The monoisotopic (exact) mass is 229 g/mol. The highest BCUT2D eigenvalue weighted by molar-refractivity contribution is 5.93. The third kappa shape index (κ3) is 2.28. The molecule has 0 unspecified atom stereocenters. The maximum Gasteiger partial charge on any atom is 0.335 e. The van der Waals surface area contributed by atoms with Crippen molar-refractivity contribution in [3.05, 3.63) is 41.6 Å². The molecule has 17 heavy (non-hydrogen) atoms. The fourth-order valence-corrected chi connectivity index (χ4v) is 1.66. The van der Waals surface area contributed by atoms with Crippen LogP contribution in [-0.2, 0) is 5.41 Å². The van der Waals surface area contributed by atoms with Gasteiger partial charge in [-0.1, -0.05) is 26.8 Å². The van der Waals surface area contributed by atoms with Crippen LogP contribution in [-0.4, -0.2) is 16.1 Å². The predicted molar refractivity (Wildman–Crippen MR) is 67.4 cm³/mol. The Hall–Kier alpha value is -1.90. The Labute approximate surface area is 100 Å². The number of benzene rings is 1. The molecule has 3 nitrogen and oxygen atoms in total. The average Bonchev–Trinajstić information content (AvgIpc) is 2.26. The lowest BCUT2D eigenvalue weighted by Gasteiger charge is -2.18. The van der Waals surface area contributed by atoms with E-state index in [1.54, 1.807) is 18.2 Å². The Balaban J connectivity index is 2.58. The third-order valence-electron chi connectivity index (χ3n) is 2.80. The smallest absolute Gasteiger partial charge is 0.335 e. The quantitative estimate of drug-likeness (QED) is 0.816. The molecule has 0 atom stereocenters. The standard InChI is InChI=1S/C14H15NO2/c1-14(2,3)11-6-9-4-5-10(13(16)17)7-12(9)15-8-11/h4-8H,1-3H3,(H,16,17). The maximum absolute atomic E-state index is 10.8. The van der Waals surface area contributed by atoms with E-state index in [1.807, 2.05) is 6.20 Å². The number of rotatable bonds is 1. The summed E-state index contributed by atoms with van der Waals surface area (Å²) >= 11 is 0. The second kappa shape index (κ2) is 3.84. The van der Waals surface area contributed by atoms with Gasteiger partial charge >= 0.3 is 5.97 Å². The first-order chi connectivity index (χ1) is 7.88. The number of carboxylic acids is 1. The Morgan fingerprint density at radius 3 is 2.53 bits per heavy atom. The third-order valence-corrected chi connectivity index (χ3v) is 2.80. The fourth-order valence-electron chi connectivity index (χ4n) is 1.66. The molecule has 2 aromatic rings. The number of aromatic nitrogens is 1. The Morgan fingerprint density at radius 2 is 1.94 bits per heavy atom. The molecule has 0 spiro atoms. The van der Waals surface area contributed by atoms with Gasteiger partial charge in [0.25, 0.3) is 0 Å². The van der Waals surface area contributed by atoms with Gasteiger partial charge in [-0.15, -0.1) is 0 Å². The van der Waals surface area contributed by atoms with Crippen LogP contribution in [0.15, 0.2) is 30.5 Å². The normalized spacial score (nSPS) is 11.7. The van der Waals surface area contributed by atoms with Crippen LogP contribution in [0.5, 0.6) is 0 Å². The molecule has 0 bridgehead atoms. The second-order valence-electron chi connectivity index (χ2n) is 5.19. The fraction of sp³-hybridized carbons (Fsp3) is 0.286. The van der Waals surface area contributed by atoms with E-state index in [4.69, 9.17) is 5.11 Å². The summed E-state index contributed by atoms with van der Waals surface area (Å²) in [5.74, 6) is -0.923. The van der Waals surface area contributed by atoms with Crippen molar-refractivity contribution < 1.29 is 9.90 Å². The minimum absolute atomic E-state index is 0.0483. The van der Waals surface area contributed by atoms with Gasteiger partial charge in [-0.2, -0.15) is 0 Å². The topological polar surface area (TPSA) is 50.2 Å². The molecule has 2 rings (SSSR count). The van der Waals surface area contributed by atoms with Crippen molar-refractivity contribution in [1.82, 2.24) is 4.98 Å². The highest BCUT2D eigenvalue weighted by Crippen LogP contribution is 2.24. The van der Waals surface area contributed by atoms with Crippen molar-refractivity contribution in [3.63, 3.8) is 0 Å². The number of carboxylic acid groups (broad SMARTS) is 1. The molecule has 1 aromatic carbocycles. The van der Waals surface area contributed by atoms with E-state index in [2.05, 4.69) is 31.8 Å². The van der Waals surface area contributed by atoms with Crippen LogP contribution in [0.3, 0.4) is 0 Å². The van der Waals surface area contributed by atoms with Gasteiger partial charge in [0.15, 0.2) is 0 Å². The van der Waals surface area contributed by atoms with Crippen LogP contribution in [0.4, 0.5) is 0 Å². The minimum atomic E-state index is -0.923. The van der Waals surface area contributed by atoms with Crippen LogP contribution >= 0.6 is 0 Å². The molecule has 0 saturated heterocycles. The Bertz CT molecular complexity index is 582. The van der Waals surface area contributed by atoms with Crippen molar-refractivity contribution in [2.24, 2.45) is 0 Å². The van der Waals surface area contributed by atoms with Gasteiger partial charge in [0.1, 0.15) is 0 Å². The number of carbonyl (C=O) groups is 1. The zero-order valence-electron chi connectivity index (χ0n) is 10.2. The summed E-state index contributed by atoms with van der Waals surface area (Å²) in [6.45, 7) is 6.38. The summed E-state index contributed by atoms with van der Waals surface area (Å²) in [6.07, 6.45) is 1.81. The molecule has 3 heteroatoms. The number of pyridine rings is 1. The highest BCUT2D eigenvalue weighted by atomic mass is 16.4. The lowest BCUT2D eigenvalue weighted by Crippen LogP contribution is -2.11. The van der Waals surface area contributed by atoms with Gasteiger partial charge in [-0.25, -0.2) is 4.79 Å². The summed E-state index contributed by atoms with van der Waals surface area (Å²) in [5.41, 5.74) is 2.19. The molecule has 0 radical (unpaired) electrons. The largest absolute Gasteiger partial charge is 0.478 e. The first-order valence-electron chi connectivity index (χ1n) is 5.51. The minimum Gasteiger partial charge on any atom is -0.478 e. The molecular weight excluding hydrogens is 214 g/mol. The van der Waals surface area contributed by atoms with Gasteiger partial charge < -0.3 is 5.11 Å². The first kappa shape index (κ1) is 11.6. The van der Waals surface area contributed by atoms with Crippen LogP contribution in [0, 0.1) is 0 Å². The number of fused-ring (bicyclic) bond motifs is 1.